The molecule has 3 rings (SSSR count). The van der Waals surface area contributed by atoms with E-state index in [1.165, 1.54) is 31.4 Å². The fourth-order valence-electron chi connectivity index (χ4n) is 3.28. The maximum atomic E-state index is 12.4. The highest BCUT2D eigenvalue weighted by Gasteiger charge is 2.30. The zero-order valence-electron chi connectivity index (χ0n) is 16.5. The minimum Gasteiger partial charge on any atom is -0.497 e. The highest BCUT2D eigenvalue weighted by Crippen LogP contribution is 2.24. The first-order valence-corrected chi connectivity index (χ1v) is 10.8. The molecule has 29 heavy (non-hydrogen) atoms. The third kappa shape index (κ3) is 5.48. The molecule has 0 aromatic heterocycles. The Bertz CT molecular complexity index is 917. The molecule has 0 N–H and O–H groups in total. The lowest BCUT2D eigenvalue weighted by Crippen LogP contribution is -2.37. The van der Waals surface area contributed by atoms with E-state index in [4.69, 9.17) is 13.7 Å². The van der Waals surface area contributed by atoms with Gasteiger partial charge in [0.15, 0.2) is 0 Å². The molecule has 0 saturated carbocycles. The van der Waals surface area contributed by atoms with Gasteiger partial charge in [0, 0.05) is 6.54 Å². The second-order valence-corrected chi connectivity index (χ2v) is 8.48. The summed E-state index contributed by atoms with van der Waals surface area (Å²) >= 11 is 0. The number of likely N-dealkylation sites (tertiary alicyclic amines) is 1. The van der Waals surface area contributed by atoms with Crippen molar-refractivity contribution < 1.29 is 26.9 Å². The fraction of sp³-hybridized carbons (Fsp3) is 0.381. The molecule has 1 fully saturated rings. The summed E-state index contributed by atoms with van der Waals surface area (Å²) in [7, 11) is -1.01. The number of benzene rings is 2. The van der Waals surface area contributed by atoms with E-state index in [1.54, 1.807) is 7.11 Å². The predicted molar refractivity (Wildman–Crippen MR) is 107 cm³/mol. The summed E-state index contributed by atoms with van der Waals surface area (Å²) in [5, 5.41) is 0. The Morgan fingerprint density at radius 2 is 1.45 bits per heavy atom. The van der Waals surface area contributed by atoms with Gasteiger partial charge in [0.1, 0.15) is 16.4 Å². The summed E-state index contributed by atoms with van der Waals surface area (Å²) in [6.45, 7) is 2.18. The highest BCUT2D eigenvalue weighted by molar-refractivity contribution is 7.87. The molecule has 0 atom stereocenters. The second-order valence-electron chi connectivity index (χ2n) is 6.93. The minimum atomic E-state index is -4.13. The van der Waals surface area contributed by atoms with Gasteiger partial charge in [-0.3, -0.25) is 9.69 Å². The van der Waals surface area contributed by atoms with Crippen LogP contribution in [0.3, 0.4) is 0 Å². The predicted octanol–water partition coefficient (Wildman–Crippen LogP) is 2.85. The van der Waals surface area contributed by atoms with Crippen LogP contribution in [0.2, 0.25) is 0 Å². The lowest BCUT2D eigenvalue weighted by atomic mass is 9.97. The van der Waals surface area contributed by atoms with E-state index >= 15 is 0 Å². The number of hydrogen-bond donors (Lipinski definition) is 0. The summed E-state index contributed by atoms with van der Waals surface area (Å²) in [4.78, 5) is 14.6. The van der Waals surface area contributed by atoms with Gasteiger partial charge in [0.25, 0.3) is 0 Å². The molecule has 1 saturated heterocycles. The molecule has 0 amide bonds. The van der Waals surface area contributed by atoms with Gasteiger partial charge in [0.05, 0.1) is 20.1 Å². The van der Waals surface area contributed by atoms with Crippen molar-refractivity contribution >= 4 is 16.1 Å². The van der Waals surface area contributed by atoms with Crippen molar-refractivity contribution in [2.75, 3.05) is 27.3 Å². The smallest absolute Gasteiger partial charge is 0.341 e. The zero-order chi connectivity index (χ0) is 20.9. The number of carbonyl (C=O) groups is 1. The minimum absolute atomic E-state index is 0.0661. The fourth-order valence-corrected chi connectivity index (χ4v) is 4.20. The molecule has 7 nitrogen and oxygen atoms in total. The topological polar surface area (TPSA) is 82.1 Å². The number of hydrogen-bond acceptors (Lipinski definition) is 7. The van der Waals surface area contributed by atoms with Crippen LogP contribution in [-0.4, -0.2) is 46.6 Å². The first-order chi connectivity index (χ1) is 13.9. The largest absolute Gasteiger partial charge is 0.497 e. The molecule has 8 heteroatoms. The maximum absolute atomic E-state index is 12.4. The Hall–Kier alpha value is -2.58. The highest BCUT2D eigenvalue weighted by atomic mass is 32.2. The number of ether oxygens (including phenoxy) is 2. The van der Waals surface area contributed by atoms with Gasteiger partial charge in [-0.1, -0.05) is 12.1 Å². The van der Waals surface area contributed by atoms with Gasteiger partial charge in [0.2, 0.25) is 0 Å². The van der Waals surface area contributed by atoms with Crippen LogP contribution in [0.5, 0.6) is 11.5 Å². The van der Waals surface area contributed by atoms with E-state index < -0.39 is 22.0 Å². The lowest BCUT2D eigenvalue weighted by Gasteiger charge is -2.30. The quantitative estimate of drug-likeness (QED) is 0.638. The third-order valence-electron chi connectivity index (χ3n) is 5.03. The Morgan fingerprint density at radius 1 is 0.931 bits per heavy atom. The first kappa shape index (κ1) is 21.1. The molecule has 1 aliphatic heterocycles. The Labute approximate surface area is 171 Å². The van der Waals surface area contributed by atoms with E-state index in [2.05, 4.69) is 4.90 Å². The number of nitrogens with zero attached hydrogens (tertiary/aromatic N) is 1. The Kier molecular flexibility index (Phi) is 6.76. The van der Waals surface area contributed by atoms with Crippen LogP contribution in [-0.2, 0) is 25.6 Å². The van der Waals surface area contributed by atoms with Gasteiger partial charge >= 0.3 is 16.1 Å². The molecule has 0 bridgehead atoms. The standard InChI is InChI=1S/C21H25NO6S/c1-26-18-5-3-16(4-6-18)15-22-13-11-17(12-14-22)21(23)28-29(24,25)20-9-7-19(27-2)8-10-20/h3-10,17H,11-15H2,1-2H3. The van der Waals surface area contributed by atoms with Gasteiger partial charge in [-0.25, -0.2) is 0 Å². The van der Waals surface area contributed by atoms with Crippen molar-refractivity contribution in [3.05, 3.63) is 54.1 Å². The average molecular weight is 419 g/mol. The van der Waals surface area contributed by atoms with E-state index in [1.807, 2.05) is 24.3 Å². The molecule has 0 unspecified atom stereocenters. The monoisotopic (exact) mass is 419 g/mol. The summed E-state index contributed by atoms with van der Waals surface area (Å²) in [5.41, 5.74) is 1.16. The summed E-state index contributed by atoms with van der Waals surface area (Å²) < 4.78 is 39.7. The lowest BCUT2D eigenvalue weighted by molar-refractivity contribution is -0.140. The zero-order valence-corrected chi connectivity index (χ0v) is 17.4. The van der Waals surface area contributed by atoms with Crippen LogP contribution in [0.15, 0.2) is 53.4 Å². The molecule has 156 valence electrons. The van der Waals surface area contributed by atoms with Crippen LogP contribution in [0.25, 0.3) is 0 Å². The van der Waals surface area contributed by atoms with Crippen molar-refractivity contribution in [3.63, 3.8) is 0 Å². The first-order valence-electron chi connectivity index (χ1n) is 9.39. The molecule has 0 radical (unpaired) electrons. The molecule has 1 aliphatic rings. The number of methoxy groups -OCH3 is 2. The number of carbonyl (C=O) groups excluding carboxylic acids is 1. The van der Waals surface area contributed by atoms with Gasteiger partial charge < -0.3 is 13.7 Å². The molecular weight excluding hydrogens is 394 g/mol. The molecule has 0 aliphatic carbocycles. The molecule has 0 spiro atoms. The summed E-state index contributed by atoms with van der Waals surface area (Å²) in [5.74, 6) is 0.229. The third-order valence-corrected chi connectivity index (χ3v) is 6.26. The normalized spacial score (nSPS) is 15.7. The number of rotatable bonds is 7. The summed E-state index contributed by atoms with van der Waals surface area (Å²) in [6.07, 6.45) is 1.13. The molecule has 2 aromatic rings. The molecule has 1 heterocycles. The van der Waals surface area contributed by atoms with Gasteiger partial charge in [-0.15, -0.1) is 0 Å². The Balaban J connectivity index is 1.52. The van der Waals surface area contributed by atoms with Crippen molar-refractivity contribution in [2.45, 2.75) is 24.3 Å². The van der Waals surface area contributed by atoms with E-state index in [-0.39, 0.29) is 4.90 Å². The second kappa shape index (κ2) is 9.28. The maximum Gasteiger partial charge on any atom is 0.341 e. The van der Waals surface area contributed by atoms with Crippen LogP contribution in [0, 0.1) is 5.92 Å². The van der Waals surface area contributed by atoms with Crippen LogP contribution in [0.1, 0.15) is 18.4 Å². The average Bonchev–Trinajstić information content (AvgIpc) is 2.74. The van der Waals surface area contributed by atoms with Crippen molar-refractivity contribution in [1.29, 1.82) is 0 Å². The van der Waals surface area contributed by atoms with Crippen LogP contribution < -0.4 is 9.47 Å². The van der Waals surface area contributed by atoms with Crippen LogP contribution >= 0.6 is 0 Å². The molecule has 2 aromatic carbocycles. The SMILES string of the molecule is COc1ccc(CN2CCC(C(=O)OS(=O)(=O)c3ccc(OC)cc3)CC2)cc1. The van der Waals surface area contributed by atoms with Crippen molar-refractivity contribution in [3.8, 4) is 11.5 Å². The Morgan fingerprint density at radius 3 is 1.97 bits per heavy atom. The van der Waals surface area contributed by atoms with Crippen molar-refractivity contribution in [1.82, 2.24) is 4.90 Å². The van der Waals surface area contributed by atoms with E-state index in [0.717, 1.165) is 17.9 Å². The van der Waals surface area contributed by atoms with Crippen molar-refractivity contribution in [2.24, 2.45) is 5.92 Å². The van der Waals surface area contributed by atoms with Crippen LogP contribution in [0.4, 0.5) is 0 Å². The number of piperidine rings is 1. The molecular formula is C21H25NO6S. The van der Waals surface area contributed by atoms with Gasteiger partial charge in [-0.2, -0.15) is 8.42 Å². The van der Waals surface area contributed by atoms with E-state index in [0.29, 0.717) is 31.7 Å². The summed E-state index contributed by atoms with van der Waals surface area (Å²) in [6, 6.07) is 13.6. The van der Waals surface area contributed by atoms with E-state index in [9.17, 15) is 13.2 Å². The van der Waals surface area contributed by atoms with Gasteiger partial charge in [-0.05, 0) is 67.9 Å².